The molecule has 0 amide bonds. The number of Topliss-reactive ketones (excluding diaryl/α,β-unsaturated/α-hetero) is 1. The van der Waals surface area contributed by atoms with Crippen molar-refractivity contribution in [3.05, 3.63) is 54.1 Å². The molecule has 10 heteroatoms. The highest BCUT2D eigenvalue weighted by Crippen LogP contribution is 2.29. The van der Waals surface area contributed by atoms with E-state index in [1.165, 1.54) is 0 Å². The van der Waals surface area contributed by atoms with Gasteiger partial charge in [0.1, 0.15) is 17.7 Å². The molecular weight excluding hydrogens is 468 g/mol. The molecule has 10 nitrogen and oxygen atoms in total. The Labute approximate surface area is 216 Å². The summed E-state index contributed by atoms with van der Waals surface area (Å²) in [6.07, 6.45) is 6.70. The van der Waals surface area contributed by atoms with Gasteiger partial charge < -0.3 is 19.7 Å². The van der Waals surface area contributed by atoms with Crippen LogP contribution in [0.25, 0.3) is 11.3 Å². The number of hydrogen-bond donors (Lipinski definition) is 1. The maximum Gasteiger partial charge on any atom is 0.227 e. The number of ether oxygens (including phenoxy) is 1. The fourth-order valence-electron chi connectivity index (χ4n) is 4.82. The molecule has 2 aliphatic heterocycles. The van der Waals surface area contributed by atoms with Crippen molar-refractivity contribution in [2.75, 3.05) is 49.6 Å². The van der Waals surface area contributed by atoms with Gasteiger partial charge in [-0.2, -0.15) is 5.26 Å². The van der Waals surface area contributed by atoms with Crippen LogP contribution in [0.15, 0.2) is 42.9 Å². The van der Waals surface area contributed by atoms with E-state index in [1.807, 2.05) is 18.2 Å². The Bertz CT molecular complexity index is 1280. The monoisotopic (exact) mass is 498 g/mol. The highest BCUT2D eigenvalue weighted by atomic mass is 16.5. The van der Waals surface area contributed by atoms with Gasteiger partial charge >= 0.3 is 0 Å². The second-order valence-electron chi connectivity index (χ2n) is 9.53. The number of carbonyl (C=O) groups excluding carboxylic acids is 1. The van der Waals surface area contributed by atoms with Crippen molar-refractivity contribution in [2.24, 2.45) is 5.92 Å². The van der Waals surface area contributed by atoms with Crippen LogP contribution >= 0.6 is 0 Å². The van der Waals surface area contributed by atoms with Crippen LogP contribution < -0.4 is 10.2 Å². The number of pyridine rings is 2. The summed E-state index contributed by atoms with van der Waals surface area (Å²) in [6.45, 7) is 7.33. The molecular formula is C27H30N8O2. The molecule has 2 fully saturated rings. The number of rotatable bonds is 8. The van der Waals surface area contributed by atoms with Crippen LogP contribution in [0.4, 0.5) is 17.5 Å². The highest BCUT2D eigenvalue weighted by Gasteiger charge is 2.26. The summed E-state index contributed by atoms with van der Waals surface area (Å²) in [5, 5.41) is 13.0. The summed E-state index contributed by atoms with van der Waals surface area (Å²) < 4.78 is 5.40. The molecule has 0 aliphatic carbocycles. The number of nitriles is 1. The zero-order valence-corrected chi connectivity index (χ0v) is 20.9. The third kappa shape index (κ3) is 6.25. The molecule has 5 rings (SSSR count). The Morgan fingerprint density at radius 3 is 2.78 bits per heavy atom. The van der Waals surface area contributed by atoms with E-state index in [1.54, 1.807) is 31.6 Å². The molecule has 0 bridgehead atoms. The minimum absolute atomic E-state index is 0.198. The van der Waals surface area contributed by atoms with Crippen molar-refractivity contribution in [1.29, 1.82) is 5.26 Å². The minimum Gasteiger partial charge on any atom is -0.379 e. The van der Waals surface area contributed by atoms with Gasteiger partial charge in [0.25, 0.3) is 0 Å². The van der Waals surface area contributed by atoms with Crippen molar-refractivity contribution >= 4 is 23.2 Å². The van der Waals surface area contributed by atoms with E-state index in [2.05, 4.69) is 41.1 Å². The molecule has 1 atom stereocenters. The van der Waals surface area contributed by atoms with Crippen LogP contribution in [0.1, 0.15) is 31.0 Å². The molecule has 3 aromatic heterocycles. The van der Waals surface area contributed by atoms with Gasteiger partial charge in [0, 0.05) is 57.1 Å². The van der Waals surface area contributed by atoms with Crippen molar-refractivity contribution in [3.8, 4) is 17.3 Å². The standard InChI is InChI=1S/C27H30N8O2/c1-19(36)12-20-5-7-35(17-20)26-21(14-28)13-22(15-31-26)25-4-6-29-27(33-25)32-23-2-3-24(30-16-23)18-34-8-10-37-11-9-34/h2-4,6,13,15-16,20H,5,7-12,17-18H2,1H3,(H,29,32,33). The van der Waals surface area contributed by atoms with Gasteiger partial charge in [0.15, 0.2) is 0 Å². The molecule has 2 aliphatic rings. The fraction of sp³-hybridized carbons (Fsp3) is 0.407. The summed E-state index contributed by atoms with van der Waals surface area (Å²) in [6, 6.07) is 9.86. The van der Waals surface area contributed by atoms with Crippen LogP contribution in [0.3, 0.4) is 0 Å². The lowest BCUT2D eigenvalue weighted by molar-refractivity contribution is -0.117. The molecule has 0 aromatic carbocycles. The number of carbonyl (C=O) groups is 1. The zero-order valence-electron chi connectivity index (χ0n) is 20.9. The Kier molecular flexibility index (Phi) is 7.63. The van der Waals surface area contributed by atoms with Crippen molar-refractivity contribution in [1.82, 2.24) is 24.8 Å². The van der Waals surface area contributed by atoms with Crippen LogP contribution in [0, 0.1) is 17.2 Å². The molecule has 0 spiro atoms. The number of ketones is 1. The molecule has 0 radical (unpaired) electrons. The molecule has 5 heterocycles. The van der Waals surface area contributed by atoms with Crippen LogP contribution in [0.5, 0.6) is 0 Å². The smallest absolute Gasteiger partial charge is 0.227 e. The molecule has 3 aromatic rings. The summed E-state index contributed by atoms with van der Waals surface area (Å²) in [5.74, 6) is 1.61. The first-order valence-corrected chi connectivity index (χ1v) is 12.6. The van der Waals surface area contributed by atoms with Crippen molar-refractivity contribution in [3.63, 3.8) is 0 Å². The number of anilines is 3. The first-order valence-electron chi connectivity index (χ1n) is 12.6. The molecule has 1 unspecified atom stereocenters. The SMILES string of the molecule is CC(=O)CC1CCN(c2ncc(-c3ccnc(Nc4ccc(CN5CCOCC5)nc4)n3)cc2C#N)C1. The van der Waals surface area contributed by atoms with E-state index >= 15 is 0 Å². The summed E-state index contributed by atoms with van der Waals surface area (Å²) in [4.78, 5) is 34.1. The normalized spacial score (nSPS) is 17.9. The first kappa shape index (κ1) is 24.7. The zero-order chi connectivity index (χ0) is 25.6. The van der Waals surface area contributed by atoms with E-state index in [-0.39, 0.29) is 5.78 Å². The summed E-state index contributed by atoms with van der Waals surface area (Å²) in [7, 11) is 0. The Hall–Kier alpha value is -3.94. The Morgan fingerprint density at radius 1 is 1.16 bits per heavy atom. The van der Waals surface area contributed by atoms with E-state index in [0.717, 1.165) is 69.3 Å². The van der Waals surface area contributed by atoms with E-state index in [0.29, 0.717) is 35.4 Å². The number of aromatic nitrogens is 4. The Morgan fingerprint density at radius 2 is 2.03 bits per heavy atom. The van der Waals surface area contributed by atoms with Crippen LogP contribution in [-0.2, 0) is 16.1 Å². The summed E-state index contributed by atoms with van der Waals surface area (Å²) in [5.41, 5.74) is 3.70. The molecule has 1 N–H and O–H groups in total. The third-order valence-corrected chi connectivity index (χ3v) is 6.67. The predicted octanol–water partition coefficient (Wildman–Crippen LogP) is 3.19. The lowest BCUT2D eigenvalue weighted by atomic mass is 10.0. The number of nitrogens with zero attached hydrogens (tertiary/aromatic N) is 7. The first-order chi connectivity index (χ1) is 18.1. The topological polar surface area (TPSA) is 120 Å². The molecule has 37 heavy (non-hydrogen) atoms. The van der Waals surface area contributed by atoms with Gasteiger partial charge in [0.05, 0.1) is 42.0 Å². The fourth-order valence-corrected chi connectivity index (χ4v) is 4.82. The van der Waals surface area contributed by atoms with Gasteiger partial charge in [0.2, 0.25) is 5.95 Å². The lowest BCUT2D eigenvalue weighted by Gasteiger charge is -2.26. The number of nitrogens with one attached hydrogen (secondary N) is 1. The van der Waals surface area contributed by atoms with Crippen molar-refractivity contribution < 1.29 is 9.53 Å². The van der Waals surface area contributed by atoms with Gasteiger partial charge in [-0.3, -0.25) is 9.88 Å². The average molecular weight is 499 g/mol. The van der Waals surface area contributed by atoms with Gasteiger partial charge in [-0.05, 0) is 43.5 Å². The summed E-state index contributed by atoms with van der Waals surface area (Å²) >= 11 is 0. The second-order valence-corrected chi connectivity index (χ2v) is 9.53. The van der Waals surface area contributed by atoms with Crippen LogP contribution in [-0.4, -0.2) is 70.0 Å². The molecule has 2 saturated heterocycles. The minimum atomic E-state index is 0.198. The van der Waals surface area contributed by atoms with Gasteiger partial charge in [-0.15, -0.1) is 0 Å². The quantitative estimate of drug-likeness (QED) is 0.496. The van der Waals surface area contributed by atoms with Crippen molar-refractivity contribution in [2.45, 2.75) is 26.3 Å². The van der Waals surface area contributed by atoms with Gasteiger partial charge in [-0.25, -0.2) is 15.0 Å². The lowest BCUT2D eigenvalue weighted by Crippen LogP contribution is -2.35. The van der Waals surface area contributed by atoms with E-state index in [9.17, 15) is 10.1 Å². The molecule has 190 valence electrons. The van der Waals surface area contributed by atoms with Crippen LogP contribution in [0.2, 0.25) is 0 Å². The van der Waals surface area contributed by atoms with E-state index in [4.69, 9.17) is 4.74 Å². The maximum absolute atomic E-state index is 11.5. The molecule has 0 saturated carbocycles. The highest BCUT2D eigenvalue weighted by molar-refractivity contribution is 5.76. The second kappa shape index (κ2) is 11.4. The third-order valence-electron chi connectivity index (χ3n) is 6.67. The number of hydrogen-bond acceptors (Lipinski definition) is 10. The maximum atomic E-state index is 11.5. The van der Waals surface area contributed by atoms with Gasteiger partial charge in [-0.1, -0.05) is 0 Å². The average Bonchev–Trinajstić information content (AvgIpc) is 3.38. The number of morpholine rings is 1. The predicted molar refractivity (Wildman–Crippen MR) is 139 cm³/mol. The van der Waals surface area contributed by atoms with E-state index < -0.39 is 0 Å². The Balaban J connectivity index is 1.26. The largest absolute Gasteiger partial charge is 0.379 e.